The smallest absolute Gasteiger partial charge is 0.347 e. The van der Waals surface area contributed by atoms with Crippen molar-refractivity contribution < 1.29 is 23.9 Å². The molecule has 0 unspecified atom stereocenters. The average Bonchev–Trinajstić information content (AvgIpc) is 3.07. The zero-order chi connectivity index (χ0) is 19.9. The van der Waals surface area contributed by atoms with Crippen molar-refractivity contribution in [1.29, 1.82) is 0 Å². The minimum Gasteiger partial charge on any atom is -0.470 e. The second-order valence-corrected chi connectivity index (χ2v) is 6.08. The van der Waals surface area contributed by atoms with Gasteiger partial charge in [-0.15, -0.1) is 0 Å². The minimum absolute atomic E-state index is 0.0248. The predicted molar refractivity (Wildman–Crippen MR) is 103 cm³/mol. The monoisotopic (exact) mass is 380 g/mol. The Labute approximate surface area is 162 Å². The van der Waals surface area contributed by atoms with Crippen molar-refractivity contribution in [2.75, 3.05) is 23.8 Å². The molecule has 0 saturated carbocycles. The third-order valence-electron chi connectivity index (χ3n) is 4.07. The van der Waals surface area contributed by atoms with E-state index in [1.165, 1.54) is 0 Å². The molecule has 1 heterocycles. The standard InChI is InChI=1S/C21H20N2O5/c1-2-14-8-10-16(11-9-14)22-18(25)13-28-21(26)19-17(24)12-27-20(19)23-15-6-4-3-5-7-15/h3-11,23H,2,12-13H2,1H3,(H,22,25). The fourth-order valence-electron chi connectivity index (χ4n) is 2.59. The number of ketones is 1. The summed E-state index contributed by atoms with van der Waals surface area (Å²) in [6, 6.07) is 16.3. The van der Waals surface area contributed by atoms with Crippen LogP contribution in [0.15, 0.2) is 66.1 Å². The fourth-order valence-corrected chi connectivity index (χ4v) is 2.59. The van der Waals surface area contributed by atoms with Gasteiger partial charge in [0, 0.05) is 11.4 Å². The van der Waals surface area contributed by atoms with Crippen molar-refractivity contribution in [1.82, 2.24) is 0 Å². The largest absolute Gasteiger partial charge is 0.470 e. The van der Waals surface area contributed by atoms with Gasteiger partial charge in [0.05, 0.1) is 0 Å². The summed E-state index contributed by atoms with van der Waals surface area (Å²) >= 11 is 0. The van der Waals surface area contributed by atoms with Crippen LogP contribution in [0.1, 0.15) is 12.5 Å². The van der Waals surface area contributed by atoms with E-state index in [2.05, 4.69) is 10.6 Å². The van der Waals surface area contributed by atoms with Crippen LogP contribution in [-0.2, 0) is 30.3 Å². The molecule has 0 saturated heterocycles. The lowest BCUT2D eigenvalue weighted by atomic mass is 10.1. The maximum atomic E-state index is 12.3. The number of amides is 1. The molecule has 28 heavy (non-hydrogen) atoms. The summed E-state index contributed by atoms with van der Waals surface area (Å²) in [7, 11) is 0. The Hall–Kier alpha value is -3.61. The van der Waals surface area contributed by atoms with Gasteiger partial charge in [-0.3, -0.25) is 9.59 Å². The number of hydrogen-bond acceptors (Lipinski definition) is 6. The Bertz CT molecular complexity index is 904. The molecule has 0 atom stereocenters. The number of aryl methyl sites for hydroxylation is 1. The number of nitrogens with one attached hydrogen (secondary N) is 2. The van der Waals surface area contributed by atoms with Gasteiger partial charge in [-0.2, -0.15) is 0 Å². The molecule has 0 bridgehead atoms. The Balaban J connectivity index is 1.59. The van der Waals surface area contributed by atoms with E-state index in [9.17, 15) is 14.4 Å². The van der Waals surface area contributed by atoms with Crippen LogP contribution < -0.4 is 10.6 Å². The van der Waals surface area contributed by atoms with Gasteiger partial charge in [0.25, 0.3) is 5.91 Å². The van der Waals surface area contributed by atoms with Gasteiger partial charge in [-0.25, -0.2) is 4.79 Å². The number of Topliss-reactive ketones (excluding diaryl/α,β-unsaturated/α-hetero) is 1. The van der Waals surface area contributed by atoms with Crippen LogP contribution in [0, 0.1) is 0 Å². The van der Waals surface area contributed by atoms with Crippen molar-refractivity contribution in [2.24, 2.45) is 0 Å². The maximum Gasteiger partial charge on any atom is 0.347 e. The molecule has 2 aromatic rings. The van der Waals surface area contributed by atoms with E-state index in [1.807, 2.05) is 25.1 Å². The first kappa shape index (κ1) is 19.2. The number of esters is 1. The normalized spacial score (nSPS) is 13.1. The summed E-state index contributed by atoms with van der Waals surface area (Å²) in [6.45, 7) is 1.27. The summed E-state index contributed by atoms with van der Waals surface area (Å²) in [5, 5.41) is 5.51. The van der Waals surface area contributed by atoms with Crippen molar-refractivity contribution in [3.8, 4) is 0 Å². The molecule has 1 aliphatic heterocycles. The highest BCUT2D eigenvalue weighted by atomic mass is 16.5. The quantitative estimate of drug-likeness (QED) is 0.567. The molecular formula is C21H20N2O5. The second-order valence-electron chi connectivity index (χ2n) is 6.08. The topological polar surface area (TPSA) is 93.7 Å². The van der Waals surface area contributed by atoms with Crippen LogP contribution in [-0.4, -0.2) is 30.9 Å². The lowest BCUT2D eigenvalue weighted by molar-refractivity contribution is -0.144. The van der Waals surface area contributed by atoms with Crippen LogP contribution >= 0.6 is 0 Å². The van der Waals surface area contributed by atoms with Crippen LogP contribution in [0.5, 0.6) is 0 Å². The third kappa shape index (κ3) is 4.76. The van der Waals surface area contributed by atoms with Crippen LogP contribution in [0.3, 0.4) is 0 Å². The number of ether oxygens (including phenoxy) is 2. The number of hydrogen-bond donors (Lipinski definition) is 2. The van der Waals surface area contributed by atoms with Gasteiger partial charge in [0.15, 0.2) is 18.8 Å². The van der Waals surface area contributed by atoms with Gasteiger partial charge in [-0.05, 0) is 36.2 Å². The lowest BCUT2D eigenvalue weighted by Crippen LogP contribution is -2.24. The van der Waals surface area contributed by atoms with E-state index in [0.717, 1.165) is 12.0 Å². The van der Waals surface area contributed by atoms with E-state index >= 15 is 0 Å². The highest BCUT2D eigenvalue weighted by molar-refractivity contribution is 6.20. The molecule has 1 aliphatic rings. The van der Waals surface area contributed by atoms with E-state index in [1.54, 1.807) is 36.4 Å². The minimum atomic E-state index is -0.905. The highest BCUT2D eigenvalue weighted by Gasteiger charge is 2.32. The van der Waals surface area contributed by atoms with Gasteiger partial charge >= 0.3 is 5.97 Å². The number of carbonyl (C=O) groups is 3. The number of rotatable bonds is 7. The fraction of sp³-hybridized carbons (Fsp3) is 0.190. The maximum absolute atomic E-state index is 12.3. The van der Waals surface area contributed by atoms with Crippen molar-refractivity contribution >= 4 is 29.0 Å². The number of para-hydroxylation sites is 1. The van der Waals surface area contributed by atoms with Crippen LogP contribution in [0.25, 0.3) is 0 Å². The van der Waals surface area contributed by atoms with E-state index < -0.39 is 24.3 Å². The van der Waals surface area contributed by atoms with Crippen LogP contribution in [0.4, 0.5) is 11.4 Å². The summed E-state index contributed by atoms with van der Waals surface area (Å²) in [4.78, 5) is 36.3. The number of benzene rings is 2. The van der Waals surface area contributed by atoms with Crippen molar-refractivity contribution in [3.05, 3.63) is 71.6 Å². The first-order valence-corrected chi connectivity index (χ1v) is 8.85. The Morgan fingerprint density at radius 2 is 1.75 bits per heavy atom. The first-order valence-electron chi connectivity index (χ1n) is 8.85. The lowest BCUT2D eigenvalue weighted by Gasteiger charge is -2.09. The summed E-state index contributed by atoms with van der Waals surface area (Å²) in [6.07, 6.45) is 0.899. The zero-order valence-electron chi connectivity index (χ0n) is 15.4. The molecule has 2 N–H and O–H groups in total. The molecule has 144 valence electrons. The Morgan fingerprint density at radius 3 is 2.43 bits per heavy atom. The molecule has 0 aliphatic carbocycles. The molecule has 7 nitrogen and oxygen atoms in total. The van der Waals surface area contributed by atoms with Gasteiger partial charge in [0.1, 0.15) is 0 Å². The molecule has 1 amide bonds. The van der Waals surface area contributed by atoms with E-state index in [0.29, 0.717) is 11.4 Å². The van der Waals surface area contributed by atoms with Gasteiger partial charge < -0.3 is 20.1 Å². The first-order chi connectivity index (χ1) is 13.6. The van der Waals surface area contributed by atoms with Crippen LogP contribution in [0.2, 0.25) is 0 Å². The molecule has 0 fully saturated rings. The summed E-state index contributed by atoms with van der Waals surface area (Å²) in [5.74, 6) is -1.88. The summed E-state index contributed by atoms with van der Waals surface area (Å²) in [5.41, 5.74) is 2.17. The molecular weight excluding hydrogens is 360 g/mol. The van der Waals surface area contributed by atoms with Crippen molar-refractivity contribution in [3.63, 3.8) is 0 Å². The SMILES string of the molecule is CCc1ccc(NC(=O)COC(=O)C2=C(Nc3ccccc3)OCC2=O)cc1. The molecule has 0 spiro atoms. The molecule has 0 aromatic heterocycles. The third-order valence-corrected chi connectivity index (χ3v) is 4.07. The Kier molecular flexibility index (Phi) is 6.06. The zero-order valence-corrected chi connectivity index (χ0v) is 15.4. The van der Waals surface area contributed by atoms with E-state index in [-0.39, 0.29) is 18.1 Å². The molecule has 2 aromatic carbocycles. The second kappa shape index (κ2) is 8.85. The van der Waals surface area contributed by atoms with Gasteiger partial charge in [-0.1, -0.05) is 37.3 Å². The molecule has 7 heteroatoms. The number of anilines is 2. The molecule has 3 rings (SSSR count). The van der Waals surface area contributed by atoms with Gasteiger partial charge in [0.2, 0.25) is 11.7 Å². The van der Waals surface area contributed by atoms with Crippen molar-refractivity contribution in [2.45, 2.75) is 13.3 Å². The van der Waals surface area contributed by atoms with E-state index in [4.69, 9.17) is 9.47 Å². The molecule has 0 radical (unpaired) electrons. The average molecular weight is 380 g/mol. The Morgan fingerprint density at radius 1 is 1.04 bits per heavy atom. The highest BCUT2D eigenvalue weighted by Crippen LogP contribution is 2.20. The predicted octanol–water partition coefficient (Wildman–Crippen LogP) is 2.65. The number of carbonyl (C=O) groups excluding carboxylic acids is 3. The summed E-state index contributed by atoms with van der Waals surface area (Å²) < 4.78 is 10.2.